The highest BCUT2D eigenvalue weighted by Gasteiger charge is 2.23. The van der Waals surface area contributed by atoms with Crippen LogP contribution in [0.1, 0.15) is 63.4 Å². The van der Waals surface area contributed by atoms with Crippen molar-refractivity contribution in [3.05, 3.63) is 35.9 Å². The summed E-state index contributed by atoms with van der Waals surface area (Å²) >= 11 is 0. The van der Waals surface area contributed by atoms with Gasteiger partial charge in [-0.1, -0.05) is 62.9 Å². The van der Waals surface area contributed by atoms with Crippen molar-refractivity contribution < 1.29 is 0 Å². The molecule has 0 radical (unpaired) electrons. The van der Waals surface area contributed by atoms with Crippen molar-refractivity contribution in [2.45, 2.75) is 57.8 Å². The summed E-state index contributed by atoms with van der Waals surface area (Å²) < 4.78 is 0. The quantitative estimate of drug-likeness (QED) is 0.575. The average Bonchev–Trinajstić information content (AvgIpc) is 2.74. The molecule has 1 atom stereocenters. The van der Waals surface area contributed by atoms with Gasteiger partial charge in [0.2, 0.25) is 0 Å². The van der Waals surface area contributed by atoms with E-state index in [0.29, 0.717) is 5.92 Å². The van der Waals surface area contributed by atoms with Crippen LogP contribution < -0.4 is 5.32 Å². The third kappa shape index (κ3) is 4.65. The first kappa shape index (κ1) is 14.6. The van der Waals surface area contributed by atoms with E-state index in [0.717, 1.165) is 19.0 Å². The fourth-order valence-electron chi connectivity index (χ4n) is 3.40. The molecule has 19 heavy (non-hydrogen) atoms. The SMILES string of the molecule is CCCNCC(c1ccccc1)C1CCCCCC1. The molecule has 1 saturated carbocycles. The minimum absolute atomic E-state index is 0.714. The molecular weight excluding hydrogens is 230 g/mol. The predicted molar refractivity (Wildman–Crippen MR) is 83.5 cm³/mol. The Morgan fingerprint density at radius 2 is 1.74 bits per heavy atom. The van der Waals surface area contributed by atoms with Crippen molar-refractivity contribution in [2.24, 2.45) is 5.92 Å². The molecule has 1 aromatic rings. The molecule has 1 fully saturated rings. The molecule has 0 saturated heterocycles. The van der Waals surface area contributed by atoms with Crippen LogP contribution in [0.25, 0.3) is 0 Å². The molecule has 0 amide bonds. The monoisotopic (exact) mass is 259 g/mol. The molecule has 106 valence electrons. The van der Waals surface area contributed by atoms with E-state index in [1.54, 1.807) is 0 Å². The molecule has 2 rings (SSSR count). The molecule has 1 aliphatic carbocycles. The molecule has 1 nitrogen and oxygen atoms in total. The average molecular weight is 259 g/mol. The molecule has 0 aromatic heterocycles. The van der Waals surface area contributed by atoms with Gasteiger partial charge in [-0.2, -0.15) is 0 Å². The lowest BCUT2D eigenvalue weighted by atomic mass is 9.81. The Bertz CT molecular complexity index is 325. The molecule has 1 aromatic carbocycles. The Morgan fingerprint density at radius 3 is 2.37 bits per heavy atom. The van der Waals surface area contributed by atoms with Crippen molar-refractivity contribution >= 4 is 0 Å². The molecule has 0 spiro atoms. The van der Waals surface area contributed by atoms with Gasteiger partial charge in [0.25, 0.3) is 0 Å². The van der Waals surface area contributed by atoms with E-state index >= 15 is 0 Å². The summed E-state index contributed by atoms with van der Waals surface area (Å²) in [5.41, 5.74) is 1.54. The van der Waals surface area contributed by atoms with Crippen LogP contribution in [0.3, 0.4) is 0 Å². The van der Waals surface area contributed by atoms with Gasteiger partial charge in [-0.3, -0.25) is 0 Å². The zero-order chi connectivity index (χ0) is 13.3. The number of hydrogen-bond donors (Lipinski definition) is 1. The minimum Gasteiger partial charge on any atom is -0.316 e. The Morgan fingerprint density at radius 1 is 1.05 bits per heavy atom. The van der Waals surface area contributed by atoms with Crippen LogP contribution in [-0.2, 0) is 0 Å². The topological polar surface area (TPSA) is 12.0 Å². The van der Waals surface area contributed by atoms with Crippen molar-refractivity contribution in [1.29, 1.82) is 0 Å². The Labute approximate surface area is 118 Å². The zero-order valence-electron chi connectivity index (χ0n) is 12.4. The molecule has 1 heteroatoms. The first-order valence-corrected chi connectivity index (χ1v) is 8.17. The van der Waals surface area contributed by atoms with Crippen LogP contribution in [0.2, 0.25) is 0 Å². The van der Waals surface area contributed by atoms with E-state index in [1.807, 2.05) is 0 Å². The summed E-state index contributed by atoms with van der Waals surface area (Å²) in [6, 6.07) is 11.2. The van der Waals surface area contributed by atoms with E-state index in [2.05, 4.69) is 42.6 Å². The van der Waals surface area contributed by atoms with Gasteiger partial charge in [-0.05, 0) is 43.2 Å². The van der Waals surface area contributed by atoms with Crippen molar-refractivity contribution in [3.63, 3.8) is 0 Å². The minimum atomic E-state index is 0.714. The molecule has 1 aliphatic rings. The van der Waals surface area contributed by atoms with Crippen LogP contribution in [0, 0.1) is 5.92 Å². The van der Waals surface area contributed by atoms with E-state index in [4.69, 9.17) is 0 Å². The zero-order valence-corrected chi connectivity index (χ0v) is 12.4. The van der Waals surface area contributed by atoms with Gasteiger partial charge >= 0.3 is 0 Å². The fourth-order valence-corrected chi connectivity index (χ4v) is 3.40. The van der Waals surface area contributed by atoms with E-state index in [9.17, 15) is 0 Å². The first-order chi connectivity index (χ1) is 9.42. The third-order valence-corrected chi connectivity index (χ3v) is 4.49. The van der Waals surface area contributed by atoms with Crippen molar-refractivity contribution in [3.8, 4) is 0 Å². The number of hydrogen-bond acceptors (Lipinski definition) is 1. The summed E-state index contributed by atoms with van der Waals surface area (Å²) in [6.45, 7) is 4.55. The van der Waals surface area contributed by atoms with Crippen LogP contribution in [-0.4, -0.2) is 13.1 Å². The lowest BCUT2D eigenvalue weighted by Crippen LogP contribution is -2.27. The first-order valence-electron chi connectivity index (χ1n) is 8.17. The van der Waals surface area contributed by atoms with Crippen LogP contribution >= 0.6 is 0 Å². The maximum Gasteiger partial charge on any atom is 0.00228 e. The van der Waals surface area contributed by atoms with Gasteiger partial charge in [0.1, 0.15) is 0 Å². The highest BCUT2D eigenvalue weighted by molar-refractivity contribution is 5.21. The largest absolute Gasteiger partial charge is 0.316 e. The lowest BCUT2D eigenvalue weighted by Gasteiger charge is -2.27. The number of nitrogens with one attached hydrogen (secondary N) is 1. The second-order valence-electron chi connectivity index (χ2n) is 5.97. The third-order valence-electron chi connectivity index (χ3n) is 4.49. The standard InChI is InChI=1S/C18H29N/c1-2-14-19-15-18(17-12-8-5-9-13-17)16-10-6-3-4-7-11-16/h5,8-9,12-13,16,18-19H,2-4,6-7,10-11,14-15H2,1H3. The maximum absolute atomic E-state index is 3.65. The van der Waals surface area contributed by atoms with Gasteiger partial charge in [0.15, 0.2) is 0 Å². The smallest absolute Gasteiger partial charge is 0.00228 e. The van der Waals surface area contributed by atoms with Gasteiger partial charge in [0, 0.05) is 6.54 Å². The molecular formula is C18H29N. The second kappa shape index (κ2) is 8.37. The fraction of sp³-hybridized carbons (Fsp3) is 0.667. The van der Waals surface area contributed by atoms with Gasteiger partial charge in [0.05, 0.1) is 0 Å². The number of benzene rings is 1. The Balaban J connectivity index is 2.04. The van der Waals surface area contributed by atoms with Crippen LogP contribution in [0.15, 0.2) is 30.3 Å². The van der Waals surface area contributed by atoms with E-state index in [1.165, 1.54) is 50.5 Å². The van der Waals surface area contributed by atoms with Crippen LogP contribution in [0.5, 0.6) is 0 Å². The Kier molecular flexibility index (Phi) is 6.43. The van der Waals surface area contributed by atoms with Gasteiger partial charge in [-0.25, -0.2) is 0 Å². The summed E-state index contributed by atoms with van der Waals surface area (Å²) in [4.78, 5) is 0. The summed E-state index contributed by atoms with van der Waals surface area (Å²) in [6.07, 6.45) is 9.83. The predicted octanol–water partition coefficient (Wildman–Crippen LogP) is 4.74. The molecule has 1 unspecified atom stereocenters. The van der Waals surface area contributed by atoms with Crippen molar-refractivity contribution in [2.75, 3.05) is 13.1 Å². The summed E-state index contributed by atoms with van der Waals surface area (Å²) in [5, 5.41) is 3.65. The molecule has 0 bridgehead atoms. The number of rotatable bonds is 6. The van der Waals surface area contributed by atoms with Gasteiger partial charge in [-0.15, -0.1) is 0 Å². The highest BCUT2D eigenvalue weighted by atomic mass is 14.9. The summed E-state index contributed by atoms with van der Waals surface area (Å²) in [5.74, 6) is 1.60. The second-order valence-corrected chi connectivity index (χ2v) is 5.97. The van der Waals surface area contributed by atoms with Crippen LogP contribution in [0.4, 0.5) is 0 Å². The Hall–Kier alpha value is -0.820. The normalized spacial score (nSPS) is 19.0. The van der Waals surface area contributed by atoms with Crippen molar-refractivity contribution in [1.82, 2.24) is 5.32 Å². The maximum atomic E-state index is 3.65. The lowest BCUT2D eigenvalue weighted by molar-refractivity contribution is 0.361. The molecule has 0 aliphatic heterocycles. The van der Waals surface area contributed by atoms with E-state index in [-0.39, 0.29) is 0 Å². The van der Waals surface area contributed by atoms with Gasteiger partial charge < -0.3 is 5.32 Å². The summed E-state index contributed by atoms with van der Waals surface area (Å²) in [7, 11) is 0. The molecule has 0 heterocycles. The highest BCUT2D eigenvalue weighted by Crippen LogP contribution is 2.34. The molecule has 1 N–H and O–H groups in total. The van der Waals surface area contributed by atoms with E-state index < -0.39 is 0 Å².